The molecule has 3 N–H and O–H groups in total. The van der Waals surface area contributed by atoms with Crippen molar-refractivity contribution in [3.05, 3.63) is 35.4 Å². The summed E-state index contributed by atoms with van der Waals surface area (Å²) in [7, 11) is 0. The summed E-state index contributed by atoms with van der Waals surface area (Å²) in [4.78, 5) is 10.9. The monoisotopic (exact) mass is 275 g/mol. The number of carboxylic acids is 1. The number of nitrogens with two attached hydrogens (primary N) is 1. The van der Waals surface area contributed by atoms with Crippen LogP contribution in [-0.2, 0) is 11.0 Å². The number of rotatable bonds is 5. The molecule has 0 bridgehead atoms. The lowest BCUT2D eigenvalue weighted by molar-refractivity contribution is -0.141. The molecule has 0 heterocycles. The predicted molar refractivity (Wildman–Crippen MR) is 64.7 cm³/mol. The SMILES string of the molecule is CC(CC(CN)C(=O)O)c1ccc(C(F)(F)F)cc1. The third-order valence-electron chi connectivity index (χ3n) is 3.08. The van der Waals surface area contributed by atoms with Crippen LogP contribution in [0.1, 0.15) is 30.4 Å². The number of aliphatic carboxylic acids is 1. The molecule has 1 aromatic rings. The molecule has 0 saturated carbocycles. The normalized spacial score (nSPS) is 15.0. The zero-order chi connectivity index (χ0) is 14.6. The van der Waals surface area contributed by atoms with Crippen molar-refractivity contribution in [1.29, 1.82) is 0 Å². The van der Waals surface area contributed by atoms with E-state index in [-0.39, 0.29) is 12.5 Å². The molecule has 0 aliphatic rings. The van der Waals surface area contributed by atoms with E-state index in [9.17, 15) is 18.0 Å². The van der Waals surface area contributed by atoms with Crippen molar-refractivity contribution >= 4 is 5.97 Å². The summed E-state index contributed by atoms with van der Waals surface area (Å²) >= 11 is 0. The Hall–Kier alpha value is -1.56. The molecule has 19 heavy (non-hydrogen) atoms. The number of carbonyl (C=O) groups is 1. The van der Waals surface area contributed by atoms with Crippen LogP contribution in [0.3, 0.4) is 0 Å². The zero-order valence-electron chi connectivity index (χ0n) is 10.4. The van der Waals surface area contributed by atoms with Crippen molar-refractivity contribution in [3.63, 3.8) is 0 Å². The average molecular weight is 275 g/mol. The Balaban J connectivity index is 2.78. The van der Waals surface area contributed by atoms with Crippen molar-refractivity contribution in [2.24, 2.45) is 11.7 Å². The molecule has 1 rings (SSSR count). The first-order valence-corrected chi connectivity index (χ1v) is 5.85. The standard InChI is InChI=1S/C13H16F3NO2/c1-8(6-10(7-17)12(18)19)9-2-4-11(5-3-9)13(14,15)16/h2-5,8,10H,6-7,17H2,1H3,(H,18,19). The van der Waals surface area contributed by atoms with E-state index in [1.165, 1.54) is 12.1 Å². The maximum absolute atomic E-state index is 12.4. The number of hydrogen-bond donors (Lipinski definition) is 2. The Morgan fingerprint density at radius 3 is 2.21 bits per heavy atom. The second-order valence-corrected chi connectivity index (χ2v) is 4.53. The number of benzene rings is 1. The van der Waals surface area contributed by atoms with Crippen molar-refractivity contribution in [2.45, 2.75) is 25.4 Å². The molecule has 2 unspecified atom stereocenters. The molecule has 1 aromatic carbocycles. The van der Waals surface area contributed by atoms with Gasteiger partial charge in [-0.05, 0) is 30.0 Å². The maximum Gasteiger partial charge on any atom is 0.416 e. The van der Waals surface area contributed by atoms with Crippen LogP contribution in [0.15, 0.2) is 24.3 Å². The van der Waals surface area contributed by atoms with E-state index < -0.39 is 23.6 Å². The highest BCUT2D eigenvalue weighted by Gasteiger charge is 2.30. The minimum absolute atomic E-state index is 0.0142. The minimum atomic E-state index is -4.36. The summed E-state index contributed by atoms with van der Waals surface area (Å²) in [5.74, 6) is -1.83. The molecular formula is C13H16F3NO2. The largest absolute Gasteiger partial charge is 0.481 e. The Bertz CT molecular complexity index is 429. The van der Waals surface area contributed by atoms with Crippen LogP contribution in [-0.4, -0.2) is 17.6 Å². The molecular weight excluding hydrogens is 259 g/mol. The van der Waals surface area contributed by atoms with Gasteiger partial charge in [0.05, 0.1) is 11.5 Å². The van der Waals surface area contributed by atoms with Gasteiger partial charge in [0.2, 0.25) is 0 Å². The Morgan fingerprint density at radius 1 is 1.32 bits per heavy atom. The molecule has 106 valence electrons. The quantitative estimate of drug-likeness (QED) is 0.868. The second-order valence-electron chi connectivity index (χ2n) is 4.53. The van der Waals surface area contributed by atoms with Crippen LogP contribution in [0.25, 0.3) is 0 Å². The molecule has 3 nitrogen and oxygen atoms in total. The average Bonchev–Trinajstić information content (AvgIpc) is 2.34. The Morgan fingerprint density at radius 2 is 1.84 bits per heavy atom. The van der Waals surface area contributed by atoms with Crippen molar-refractivity contribution in [3.8, 4) is 0 Å². The first-order valence-electron chi connectivity index (χ1n) is 5.85. The molecule has 0 saturated heterocycles. The Labute approximate surface area is 109 Å². The fraction of sp³-hybridized carbons (Fsp3) is 0.462. The van der Waals surface area contributed by atoms with Gasteiger partial charge in [0.25, 0.3) is 0 Å². The van der Waals surface area contributed by atoms with E-state index in [0.717, 1.165) is 12.1 Å². The number of hydrogen-bond acceptors (Lipinski definition) is 2. The summed E-state index contributed by atoms with van der Waals surface area (Å²) in [5.41, 5.74) is 5.31. The van der Waals surface area contributed by atoms with Gasteiger partial charge in [0.1, 0.15) is 0 Å². The third-order valence-corrected chi connectivity index (χ3v) is 3.08. The summed E-state index contributed by atoms with van der Waals surface area (Å²) in [6.07, 6.45) is -4.06. The van der Waals surface area contributed by atoms with Gasteiger partial charge < -0.3 is 10.8 Å². The summed E-state index contributed by atoms with van der Waals surface area (Å²) < 4.78 is 37.2. The predicted octanol–water partition coefficient (Wildman–Crippen LogP) is 2.86. The molecule has 0 aliphatic heterocycles. The lowest BCUT2D eigenvalue weighted by Crippen LogP contribution is -2.24. The van der Waals surface area contributed by atoms with Gasteiger partial charge in [0, 0.05) is 6.54 Å². The van der Waals surface area contributed by atoms with Gasteiger partial charge >= 0.3 is 12.1 Å². The van der Waals surface area contributed by atoms with Crippen LogP contribution in [0, 0.1) is 5.92 Å². The lowest BCUT2D eigenvalue weighted by atomic mass is 9.90. The third kappa shape index (κ3) is 4.24. The molecule has 0 aliphatic carbocycles. The summed E-state index contributed by atoms with van der Waals surface area (Å²) in [5, 5.41) is 8.89. The maximum atomic E-state index is 12.4. The first-order chi connectivity index (χ1) is 8.75. The van der Waals surface area contributed by atoms with Gasteiger partial charge in [-0.3, -0.25) is 4.79 Å². The topological polar surface area (TPSA) is 63.3 Å². The molecule has 2 atom stereocenters. The first kappa shape index (κ1) is 15.5. The van der Waals surface area contributed by atoms with E-state index in [4.69, 9.17) is 10.8 Å². The zero-order valence-corrected chi connectivity index (χ0v) is 10.4. The second kappa shape index (κ2) is 6.06. The van der Waals surface area contributed by atoms with Gasteiger partial charge in [-0.2, -0.15) is 13.2 Å². The minimum Gasteiger partial charge on any atom is -0.481 e. The molecule has 0 fully saturated rings. The van der Waals surface area contributed by atoms with E-state index in [1.807, 2.05) is 0 Å². The molecule has 0 amide bonds. The van der Waals surface area contributed by atoms with E-state index in [1.54, 1.807) is 6.92 Å². The number of alkyl halides is 3. The Kier molecular flexibility index (Phi) is 4.94. The molecule has 0 spiro atoms. The van der Waals surface area contributed by atoms with Crippen molar-refractivity contribution < 1.29 is 23.1 Å². The summed E-state index contributed by atoms with van der Waals surface area (Å²) in [6.45, 7) is 1.79. The van der Waals surface area contributed by atoms with Crippen LogP contribution in [0.5, 0.6) is 0 Å². The molecule has 0 aromatic heterocycles. The van der Waals surface area contributed by atoms with Crippen LogP contribution in [0.4, 0.5) is 13.2 Å². The van der Waals surface area contributed by atoms with Crippen molar-refractivity contribution in [1.82, 2.24) is 0 Å². The smallest absolute Gasteiger partial charge is 0.416 e. The van der Waals surface area contributed by atoms with Crippen LogP contribution < -0.4 is 5.73 Å². The fourth-order valence-electron chi connectivity index (χ4n) is 1.86. The highest BCUT2D eigenvalue weighted by atomic mass is 19.4. The lowest BCUT2D eigenvalue weighted by Gasteiger charge is -2.17. The highest BCUT2D eigenvalue weighted by Crippen LogP contribution is 2.31. The van der Waals surface area contributed by atoms with E-state index in [0.29, 0.717) is 12.0 Å². The fourth-order valence-corrected chi connectivity index (χ4v) is 1.86. The van der Waals surface area contributed by atoms with Gasteiger partial charge in [-0.25, -0.2) is 0 Å². The summed E-state index contributed by atoms with van der Waals surface area (Å²) in [6, 6.07) is 4.76. The van der Waals surface area contributed by atoms with E-state index >= 15 is 0 Å². The van der Waals surface area contributed by atoms with Gasteiger partial charge in [-0.1, -0.05) is 19.1 Å². The number of halogens is 3. The highest BCUT2D eigenvalue weighted by molar-refractivity contribution is 5.70. The van der Waals surface area contributed by atoms with Crippen LogP contribution in [0.2, 0.25) is 0 Å². The van der Waals surface area contributed by atoms with Crippen LogP contribution >= 0.6 is 0 Å². The van der Waals surface area contributed by atoms with E-state index in [2.05, 4.69) is 0 Å². The van der Waals surface area contributed by atoms with Gasteiger partial charge in [0.15, 0.2) is 0 Å². The molecule has 6 heteroatoms. The van der Waals surface area contributed by atoms with Gasteiger partial charge in [-0.15, -0.1) is 0 Å². The number of carboxylic acid groups (broad SMARTS) is 1. The van der Waals surface area contributed by atoms with Crippen molar-refractivity contribution in [2.75, 3.05) is 6.54 Å². The molecule has 0 radical (unpaired) electrons.